The topological polar surface area (TPSA) is 50.8 Å². The summed E-state index contributed by atoms with van der Waals surface area (Å²) < 4.78 is 23.5. The van der Waals surface area contributed by atoms with E-state index in [-0.39, 0.29) is 16.8 Å². The number of rotatable bonds is 4. The third-order valence-corrected chi connectivity index (χ3v) is 3.97. The molecule has 3 rings (SSSR count). The van der Waals surface area contributed by atoms with Gasteiger partial charge in [0.15, 0.2) is 16.6 Å². The number of thiocarbonyl (C=S) groups is 1. The molecule has 1 N–H and O–H groups in total. The highest BCUT2D eigenvalue weighted by Gasteiger charge is 2.31. The minimum atomic E-state index is -0.379. The van der Waals surface area contributed by atoms with Crippen LogP contribution in [0.3, 0.4) is 0 Å². The van der Waals surface area contributed by atoms with E-state index in [0.29, 0.717) is 22.9 Å². The zero-order valence-electron chi connectivity index (χ0n) is 13.6. The van der Waals surface area contributed by atoms with Gasteiger partial charge in [0, 0.05) is 0 Å². The van der Waals surface area contributed by atoms with Crippen LogP contribution in [-0.4, -0.2) is 25.2 Å². The molecule has 0 saturated carbocycles. The minimum Gasteiger partial charge on any atom is -0.493 e. The standard InChI is InChI=1S/C18H15FN2O3S/c1-23-15-8-3-11(10-16(15)24-2)9-14-17(22)21(18(25)20-14)13-6-4-12(19)5-7-13/h3-10H,1-2H3,(H,20,25)/b14-9+. The fraction of sp³-hybridized carbons (Fsp3) is 0.111. The summed E-state index contributed by atoms with van der Waals surface area (Å²) in [5, 5.41) is 3.12. The van der Waals surface area contributed by atoms with E-state index in [1.54, 1.807) is 38.5 Å². The van der Waals surface area contributed by atoms with E-state index in [2.05, 4.69) is 5.32 Å². The maximum absolute atomic E-state index is 13.1. The van der Waals surface area contributed by atoms with E-state index in [1.807, 2.05) is 0 Å². The normalized spacial score (nSPS) is 15.5. The molecule has 7 heteroatoms. The lowest BCUT2D eigenvalue weighted by molar-refractivity contribution is -0.113. The fourth-order valence-electron chi connectivity index (χ4n) is 2.47. The molecule has 0 unspecified atom stereocenters. The number of carbonyl (C=O) groups is 1. The average Bonchev–Trinajstić information content (AvgIpc) is 2.89. The van der Waals surface area contributed by atoms with Crippen LogP contribution in [-0.2, 0) is 4.79 Å². The number of hydrogen-bond acceptors (Lipinski definition) is 4. The maximum Gasteiger partial charge on any atom is 0.281 e. The molecule has 5 nitrogen and oxygen atoms in total. The number of carbonyl (C=O) groups excluding carboxylic acids is 1. The summed E-state index contributed by atoms with van der Waals surface area (Å²) in [7, 11) is 3.09. The van der Waals surface area contributed by atoms with Crippen LogP contribution in [0.4, 0.5) is 10.1 Å². The summed E-state index contributed by atoms with van der Waals surface area (Å²) in [6.45, 7) is 0. The van der Waals surface area contributed by atoms with Crippen molar-refractivity contribution >= 4 is 35.0 Å². The van der Waals surface area contributed by atoms with Gasteiger partial charge in [-0.2, -0.15) is 0 Å². The second-order valence-corrected chi connectivity index (χ2v) is 5.61. The Morgan fingerprint density at radius 1 is 1.08 bits per heavy atom. The summed E-state index contributed by atoms with van der Waals surface area (Å²) in [5.74, 6) is 0.459. The average molecular weight is 358 g/mol. The van der Waals surface area contributed by atoms with Crippen molar-refractivity contribution in [1.29, 1.82) is 0 Å². The highest BCUT2D eigenvalue weighted by atomic mass is 32.1. The van der Waals surface area contributed by atoms with E-state index in [4.69, 9.17) is 21.7 Å². The molecule has 0 bridgehead atoms. The molecule has 1 heterocycles. The van der Waals surface area contributed by atoms with Gasteiger partial charge in [-0.15, -0.1) is 0 Å². The molecule has 128 valence electrons. The highest BCUT2D eigenvalue weighted by Crippen LogP contribution is 2.29. The first-order chi connectivity index (χ1) is 12.0. The van der Waals surface area contributed by atoms with Gasteiger partial charge >= 0.3 is 0 Å². The van der Waals surface area contributed by atoms with Crippen LogP contribution < -0.4 is 19.7 Å². The SMILES string of the molecule is COc1ccc(/C=C2/NC(=S)N(c3ccc(F)cc3)C2=O)cc1OC. The first kappa shape index (κ1) is 16.9. The smallest absolute Gasteiger partial charge is 0.281 e. The summed E-state index contributed by atoms with van der Waals surface area (Å²) in [5.41, 5.74) is 1.57. The fourth-order valence-corrected chi connectivity index (χ4v) is 2.77. The lowest BCUT2D eigenvalue weighted by Crippen LogP contribution is -2.30. The Balaban J connectivity index is 1.91. The Hall–Kier alpha value is -2.93. The van der Waals surface area contributed by atoms with Gasteiger partial charge in [0.25, 0.3) is 5.91 Å². The van der Waals surface area contributed by atoms with Crippen LogP contribution in [0.15, 0.2) is 48.2 Å². The summed E-state index contributed by atoms with van der Waals surface area (Å²) in [6, 6.07) is 10.9. The molecular formula is C18H15FN2O3S. The number of hydrogen-bond donors (Lipinski definition) is 1. The van der Waals surface area contributed by atoms with Gasteiger partial charge in [-0.05, 0) is 60.3 Å². The molecule has 0 atom stereocenters. The number of methoxy groups -OCH3 is 2. The molecule has 2 aromatic carbocycles. The summed E-state index contributed by atoms with van der Waals surface area (Å²) in [6.07, 6.45) is 1.67. The third-order valence-electron chi connectivity index (χ3n) is 3.68. The zero-order chi connectivity index (χ0) is 18.0. The van der Waals surface area contributed by atoms with Crippen molar-refractivity contribution < 1.29 is 18.7 Å². The van der Waals surface area contributed by atoms with Gasteiger partial charge < -0.3 is 14.8 Å². The van der Waals surface area contributed by atoms with Crippen LogP contribution in [0.2, 0.25) is 0 Å². The summed E-state index contributed by atoms with van der Waals surface area (Å²) >= 11 is 5.23. The number of amides is 1. The second kappa shape index (κ2) is 6.90. The van der Waals surface area contributed by atoms with E-state index in [9.17, 15) is 9.18 Å². The molecule has 25 heavy (non-hydrogen) atoms. The second-order valence-electron chi connectivity index (χ2n) is 5.22. The van der Waals surface area contributed by atoms with Crippen LogP contribution in [0.25, 0.3) is 6.08 Å². The zero-order valence-corrected chi connectivity index (χ0v) is 14.4. The molecule has 0 aliphatic carbocycles. The Labute approximate surface area is 149 Å². The monoisotopic (exact) mass is 358 g/mol. The first-order valence-electron chi connectivity index (χ1n) is 7.38. The minimum absolute atomic E-state index is 0.239. The van der Waals surface area contributed by atoms with Gasteiger partial charge in [0.1, 0.15) is 11.5 Å². The van der Waals surface area contributed by atoms with Gasteiger partial charge in [0.2, 0.25) is 0 Å². The maximum atomic E-state index is 13.1. The van der Waals surface area contributed by atoms with Crippen molar-refractivity contribution in [2.24, 2.45) is 0 Å². The highest BCUT2D eigenvalue weighted by molar-refractivity contribution is 7.80. The Morgan fingerprint density at radius 3 is 2.40 bits per heavy atom. The quantitative estimate of drug-likeness (QED) is 0.672. The first-order valence-corrected chi connectivity index (χ1v) is 7.79. The molecule has 0 spiro atoms. The predicted molar refractivity (Wildman–Crippen MR) is 97.1 cm³/mol. The lowest BCUT2D eigenvalue weighted by Gasteiger charge is -2.13. The van der Waals surface area contributed by atoms with Crippen molar-refractivity contribution in [3.63, 3.8) is 0 Å². The Kier molecular flexibility index (Phi) is 4.67. The van der Waals surface area contributed by atoms with Gasteiger partial charge in [-0.25, -0.2) is 4.39 Å². The largest absolute Gasteiger partial charge is 0.493 e. The van der Waals surface area contributed by atoms with Crippen molar-refractivity contribution in [2.75, 3.05) is 19.1 Å². The number of halogens is 1. The third kappa shape index (κ3) is 3.32. The number of nitrogens with one attached hydrogen (secondary N) is 1. The molecule has 0 radical (unpaired) electrons. The molecule has 1 saturated heterocycles. The van der Waals surface area contributed by atoms with Gasteiger partial charge in [0.05, 0.1) is 19.9 Å². The molecule has 2 aromatic rings. The van der Waals surface area contributed by atoms with E-state index in [0.717, 1.165) is 5.56 Å². The van der Waals surface area contributed by atoms with Crippen LogP contribution >= 0.6 is 12.2 Å². The summed E-state index contributed by atoms with van der Waals surface area (Å²) in [4.78, 5) is 14.0. The number of nitrogens with zero attached hydrogens (tertiary/aromatic N) is 1. The van der Waals surface area contributed by atoms with Crippen molar-refractivity contribution in [3.8, 4) is 11.5 Å². The van der Waals surface area contributed by atoms with Crippen LogP contribution in [0.5, 0.6) is 11.5 Å². The van der Waals surface area contributed by atoms with E-state index in [1.165, 1.54) is 29.2 Å². The van der Waals surface area contributed by atoms with Crippen molar-refractivity contribution in [1.82, 2.24) is 5.32 Å². The Morgan fingerprint density at radius 2 is 1.76 bits per heavy atom. The molecule has 0 aromatic heterocycles. The molecular weight excluding hydrogens is 343 g/mol. The number of ether oxygens (including phenoxy) is 2. The van der Waals surface area contributed by atoms with Gasteiger partial charge in [-0.1, -0.05) is 6.07 Å². The number of benzene rings is 2. The molecule has 1 aliphatic heterocycles. The molecule has 1 amide bonds. The van der Waals surface area contributed by atoms with E-state index < -0.39 is 0 Å². The van der Waals surface area contributed by atoms with E-state index >= 15 is 0 Å². The predicted octanol–water partition coefficient (Wildman–Crippen LogP) is 3.11. The Bertz CT molecular complexity index is 865. The van der Waals surface area contributed by atoms with Crippen molar-refractivity contribution in [2.45, 2.75) is 0 Å². The molecule has 1 fully saturated rings. The van der Waals surface area contributed by atoms with Gasteiger partial charge in [-0.3, -0.25) is 9.69 Å². The van der Waals surface area contributed by atoms with Crippen LogP contribution in [0, 0.1) is 5.82 Å². The lowest BCUT2D eigenvalue weighted by atomic mass is 10.1. The van der Waals surface area contributed by atoms with Crippen molar-refractivity contribution in [3.05, 3.63) is 59.5 Å². The number of anilines is 1. The molecule has 1 aliphatic rings. The van der Waals surface area contributed by atoms with Crippen LogP contribution in [0.1, 0.15) is 5.56 Å².